The zero-order chi connectivity index (χ0) is 13.1. The van der Waals surface area contributed by atoms with Crippen molar-refractivity contribution >= 4 is 5.91 Å². The lowest BCUT2D eigenvalue weighted by Crippen LogP contribution is -2.33. The number of alkyl halides is 3. The molecule has 1 rings (SSSR count). The molecule has 1 heterocycles. The standard InChI is InChI=1S/C9H12F3N3O2/c1-15(5-9(10,11)12)4-7-6(2-3-17-7)8(16)14-13/h2-3H,4-5,13H2,1H3,(H,14,16). The molecule has 5 nitrogen and oxygen atoms in total. The van der Waals surface area contributed by atoms with E-state index in [-0.39, 0.29) is 17.9 Å². The number of carbonyl (C=O) groups is 1. The van der Waals surface area contributed by atoms with Crippen LogP contribution >= 0.6 is 0 Å². The fraction of sp³-hybridized carbons (Fsp3) is 0.444. The zero-order valence-electron chi connectivity index (χ0n) is 9.04. The average molecular weight is 251 g/mol. The first kappa shape index (κ1) is 13.5. The van der Waals surface area contributed by atoms with E-state index < -0.39 is 18.6 Å². The number of hydrogen-bond acceptors (Lipinski definition) is 4. The number of hydrazine groups is 1. The van der Waals surface area contributed by atoms with E-state index in [1.165, 1.54) is 19.4 Å². The van der Waals surface area contributed by atoms with Gasteiger partial charge in [-0.15, -0.1) is 0 Å². The molecule has 0 aliphatic rings. The van der Waals surface area contributed by atoms with Gasteiger partial charge in [-0.1, -0.05) is 0 Å². The highest BCUT2D eigenvalue weighted by molar-refractivity contribution is 5.94. The molecule has 0 aliphatic carbocycles. The van der Waals surface area contributed by atoms with Crippen molar-refractivity contribution in [3.05, 3.63) is 23.7 Å². The summed E-state index contributed by atoms with van der Waals surface area (Å²) in [5.41, 5.74) is 2.02. The van der Waals surface area contributed by atoms with Crippen LogP contribution in [0.25, 0.3) is 0 Å². The van der Waals surface area contributed by atoms with Crippen molar-refractivity contribution < 1.29 is 22.4 Å². The number of carbonyl (C=O) groups excluding carboxylic acids is 1. The molecule has 0 aromatic carbocycles. The highest BCUT2D eigenvalue weighted by atomic mass is 19.4. The first-order chi connectivity index (χ1) is 7.83. The Morgan fingerprint density at radius 3 is 2.76 bits per heavy atom. The molecule has 0 bridgehead atoms. The topological polar surface area (TPSA) is 71.5 Å². The molecule has 17 heavy (non-hydrogen) atoms. The van der Waals surface area contributed by atoms with Crippen LogP contribution in [-0.2, 0) is 6.54 Å². The third-order valence-electron chi connectivity index (χ3n) is 1.98. The first-order valence-corrected chi connectivity index (χ1v) is 4.66. The van der Waals surface area contributed by atoms with Gasteiger partial charge in [-0.3, -0.25) is 15.1 Å². The van der Waals surface area contributed by atoms with Gasteiger partial charge < -0.3 is 4.42 Å². The van der Waals surface area contributed by atoms with E-state index in [9.17, 15) is 18.0 Å². The summed E-state index contributed by atoms with van der Waals surface area (Å²) in [6.07, 6.45) is -3.07. The molecule has 1 aromatic rings. The number of amides is 1. The highest BCUT2D eigenvalue weighted by Crippen LogP contribution is 2.18. The van der Waals surface area contributed by atoms with Crippen LogP contribution in [0.4, 0.5) is 13.2 Å². The summed E-state index contributed by atoms with van der Waals surface area (Å²) >= 11 is 0. The van der Waals surface area contributed by atoms with E-state index in [1.54, 1.807) is 0 Å². The minimum atomic E-state index is -4.29. The molecule has 1 aromatic heterocycles. The second-order valence-electron chi connectivity index (χ2n) is 3.52. The van der Waals surface area contributed by atoms with Gasteiger partial charge in [0.15, 0.2) is 0 Å². The number of nitrogens with two attached hydrogens (primary N) is 1. The van der Waals surface area contributed by atoms with Crippen molar-refractivity contribution in [1.29, 1.82) is 0 Å². The Hall–Kier alpha value is -1.54. The highest BCUT2D eigenvalue weighted by Gasteiger charge is 2.30. The largest absolute Gasteiger partial charge is 0.467 e. The Kier molecular flexibility index (Phi) is 4.13. The molecule has 0 spiro atoms. The average Bonchev–Trinajstić information content (AvgIpc) is 2.61. The van der Waals surface area contributed by atoms with Crippen molar-refractivity contribution in [2.75, 3.05) is 13.6 Å². The Bertz CT molecular complexity index is 389. The summed E-state index contributed by atoms with van der Waals surface area (Å²) < 4.78 is 41.2. The predicted octanol–water partition coefficient (Wildman–Crippen LogP) is 0.877. The van der Waals surface area contributed by atoms with Crippen molar-refractivity contribution in [2.45, 2.75) is 12.7 Å². The monoisotopic (exact) mass is 251 g/mol. The molecule has 0 aliphatic heterocycles. The van der Waals surface area contributed by atoms with Crippen LogP contribution in [0.15, 0.2) is 16.7 Å². The van der Waals surface area contributed by atoms with Gasteiger partial charge in [-0.05, 0) is 13.1 Å². The van der Waals surface area contributed by atoms with Crippen LogP contribution in [0.5, 0.6) is 0 Å². The maximum Gasteiger partial charge on any atom is 0.401 e. The number of furan rings is 1. The van der Waals surface area contributed by atoms with Gasteiger partial charge in [0.25, 0.3) is 5.91 Å². The second kappa shape index (κ2) is 5.19. The van der Waals surface area contributed by atoms with E-state index in [1.807, 2.05) is 5.43 Å². The summed E-state index contributed by atoms with van der Waals surface area (Å²) in [7, 11) is 1.28. The zero-order valence-corrected chi connectivity index (χ0v) is 9.04. The lowest BCUT2D eigenvalue weighted by atomic mass is 10.2. The second-order valence-corrected chi connectivity index (χ2v) is 3.52. The van der Waals surface area contributed by atoms with Gasteiger partial charge in [0.2, 0.25) is 0 Å². The van der Waals surface area contributed by atoms with E-state index >= 15 is 0 Å². The number of nitrogens with one attached hydrogen (secondary N) is 1. The van der Waals surface area contributed by atoms with Gasteiger partial charge in [-0.25, -0.2) is 5.84 Å². The summed E-state index contributed by atoms with van der Waals surface area (Å²) in [4.78, 5) is 12.2. The van der Waals surface area contributed by atoms with Crippen LogP contribution in [0.3, 0.4) is 0 Å². The van der Waals surface area contributed by atoms with E-state index in [0.717, 1.165) is 4.90 Å². The minimum absolute atomic E-state index is 0.126. The quantitative estimate of drug-likeness (QED) is 0.473. The SMILES string of the molecule is CN(Cc1occc1C(=O)NN)CC(F)(F)F. The van der Waals surface area contributed by atoms with Crippen LogP contribution in [0.2, 0.25) is 0 Å². The molecule has 0 fully saturated rings. The lowest BCUT2D eigenvalue weighted by Gasteiger charge is -2.17. The van der Waals surface area contributed by atoms with Gasteiger partial charge in [0.05, 0.1) is 24.9 Å². The maximum absolute atomic E-state index is 12.1. The van der Waals surface area contributed by atoms with Crippen LogP contribution < -0.4 is 11.3 Å². The van der Waals surface area contributed by atoms with Crippen LogP contribution in [0.1, 0.15) is 16.1 Å². The summed E-state index contributed by atoms with van der Waals surface area (Å²) in [6.45, 7) is -1.22. The number of nitrogen functional groups attached to an aromatic ring is 1. The van der Waals surface area contributed by atoms with Gasteiger partial charge in [0.1, 0.15) is 5.76 Å². The van der Waals surface area contributed by atoms with Crippen molar-refractivity contribution in [3.63, 3.8) is 0 Å². The molecule has 0 saturated heterocycles. The number of nitrogens with zero attached hydrogens (tertiary/aromatic N) is 1. The van der Waals surface area contributed by atoms with Crippen molar-refractivity contribution in [3.8, 4) is 0 Å². The number of rotatable bonds is 4. The summed E-state index contributed by atoms with van der Waals surface area (Å²) in [6, 6.07) is 1.35. The van der Waals surface area contributed by atoms with Gasteiger partial charge in [0, 0.05) is 0 Å². The molecule has 0 atom stereocenters. The lowest BCUT2D eigenvalue weighted by molar-refractivity contribution is -0.144. The molecule has 96 valence electrons. The molecule has 0 saturated carbocycles. The van der Waals surface area contributed by atoms with E-state index in [2.05, 4.69) is 0 Å². The van der Waals surface area contributed by atoms with Crippen LogP contribution in [0, 0.1) is 0 Å². The Morgan fingerprint density at radius 1 is 1.59 bits per heavy atom. The van der Waals surface area contributed by atoms with Gasteiger partial charge >= 0.3 is 6.18 Å². The third-order valence-corrected chi connectivity index (χ3v) is 1.98. The maximum atomic E-state index is 12.1. The molecule has 8 heteroatoms. The van der Waals surface area contributed by atoms with Crippen molar-refractivity contribution in [1.82, 2.24) is 10.3 Å². The normalized spacial score (nSPS) is 11.9. The molecule has 1 amide bonds. The predicted molar refractivity (Wildman–Crippen MR) is 52.8 cm³/mol. The number of hydrogen-bond donors (Lipinski definition) is 2. The molecular formula is C9H12F3N3O2. The fourth-order valence-corrected chi connectivity index (χ4v) is 1.35. The van der Waals surface area contributed by atoms with Crippen molar-refractivity contribution in [2.24, 2.45) is 5.84 Å². The summed E-state index contributed by atoms with van der Waals surface area (Å²) in [5, 5.41) is 0. The molecular weight excluding hydrogens is 239 g/mol. The van der Waals surface area contributed by atoms with Crippen LogP contribution in [-0.4, -0.2) is 30.6 Å². The smallest absolute Gasteiger partial charge is 0.401 e. The number of halogens is 3. The minimum Gasteiger partial charge on any atom is -0.467 e. The van der Waals surface area contributed by atoms with E-state index in [0.29, 0.717) is 0 Å². The Labute approximate surface area is 95.3 Å². The van der Waals surface area contributed by atoms with E-state index in [4.69, 9.17) is 10.3 Å². The third kappa shape index (κ3) is 4.08. The first-order valence-electron chi connectivity index (χ1n) is 4.66. The molecule has 0 unspecified atom stereocenters. The van der Waals surface area contributed by atoms with Gasteiger partial charge in [-0.2, -0.15) is 13.2 Å². The molecule has 0 radical (unpaired) electrons. The fourth-order valence-electron chi connectivity index (χ4n) is 1.35. The Morgan fingerprint density at radius 2 is 2.24 bits per heavy atom. The Balaban J connectivity index is 2.69. The molecule has 3 N–H and O–H groups in total. The summed E-state index contributed by atoms with van der Waals surface area (Å²) in [5.74, 6) is 4.47.